The number of sulfonamides is 1. The molecule has 0 bridgehead atoms. The van der Waals surface area contributed by atoms with E-state index in [1.807, 2.05) is 38.1 Å². The van der Waals surface area contributed by atoms with Crippen molar-refractivity contribution in [2.45, 2.75) is 56.9 Å². The summed E-state index contributed by atoms with van der Waals surface area (Å²) < 4.78 is 28.0. The standard InChI is InChI=1S/C23H28N2O3S/c1-17-11-12-20(29(27,28)24-13-7-3-4-8-14-24)16-21(17)23(26)25-18(2)15-19-9-5-6-10-22(19)25/h5-6,9-12,16,18H,3-4,7-8,13-15H2,1-2H3/t18-/m1/s1. The molecule has 0 N–H and O–H groups in total. The Balaban J connectivity index is 1.70. The van der Waals surface area contributed by atoms with Crippen molar-refractivity contribution in [1.82, 2.24) is 4.31 Å². The van der Waals surface area contributed by atoms with E-state index in [1.54, 1.807) is 27.4 Å². The molecule has 154 valence electrons. The largest absolute Gasteiger partial charge is 0.305 e. The minimum absolute atomic E-state index is 0.0465. The van der Waals surface area contributed by atoms with Crippen LogP contribution in [0.4, 0.5) is 5.69 Å². The van der Waals surface area contributed by atoms with Gasteiger partial charge in [0, 0.05) is 30.4 Å². The first kappa shape index (κ1) is 20.1. The third-order valence-electron chi connectivity index (χ3n) is 6.07. The molecule has 29 heavy (non-hydrogen) atoms. The highest BCUT2D eigenvalue weighted by molar-refractivity contribution is 7.89. The molecule has 0 unspecified atom stereocenters. The molecule has 0 aliphatic carbocycles. The summed E-state index contributed by atoms with van der Waals surface area (Å²) in [6.45, 7) is 5.00. The first-order chi connectivity index (χ1) is 13.9. The molecule has 4 rings (SSSR count). The molecule has 0 spiro atoms. The minimum Gasteiger partial charge on any atom is -0.305 e. The van der Waals surface area contributed by atoms with Gasteiger partial charge in [0.05, 0.1) is 4.90 Å². The highest BCUT2D eigenvalue weighted by Crippen LogP contribution is 2.34. The van der Waals surface area contributed by atoms with Gasteiger partial charge in [-0.2, -0.15) is 4.31 Å². The van der Waals surface area contributed by atoms with Crippen LogP contribution in [0.15, 0.2) is 47.4 Å². The van der Waals surface area contributed by atoms with Gasteiger partial charge in [-0.25, -0.2) is 8.42 Å². The molecule has 2 heterocycles. The van der Waals surface area contributed by atoms with Gasteiger partial charge in [0.1, 0.15) is 0 Å². The number of hydrogen-bond donors (Lipinski definition) is 0. The summed E-state index contributed by atoms with van der Waals surface area (Å²) in [5.74, 6) is -0.132. The van der Waals surface area contributed by atoms with Crippen LogP contribution in [0.3, 0.4) is 0 Å². The molecule has 2 aliphatic rings. The van der Waals surface area contributed by atoms with Crippen molar-refractivity contribution in [3.05, 3.63) is 59.2 Å². The van der Waals surface area contributed by atoms with E-state index in [9.17, 15) is 13.2 Å². The van der Waals surface area contributed by atoms with E-state index in [-0.39, 0.29) is 16.8 Å². The molecular weight excluding hydrogens is 384 g/mol. The second kappa shape index (κ2) is 7.92. The monoisotopic (exact) mass is 412 g/mol. The number of aryl methyl sites for hydroxylation is 1. The molecule has 1 fully saturated rings. The van der Waals surface area contributed by atoms with Crippen molar-refractivity contribution in [1.29, 1.82) is 0 Å². The molecule has 1 saturated heterocycles. The molecule has 2 aliphatic heterocycles. The van der Waals surface area contributed by atoms with Gasteiger partial charge in [0.2, 0.25) is 10.0 Å². The van der Waals surface area contributed by atoms with E-state index in [4.69, 9.17) is 0 Å². The van der Waals surface area contributed by atoms with Gasteiger partial charge in [-0.1, -0.05) is 37.1 Å². The SMILES string of the molecule is Cc1ccc(S(=O)(=O)N2CCCCCC2)cc1C(=O)N1c2ccccc2C[C@H]1C. The van der Waals surface area contributed by atoms with Crippen molar-refractivity contribution < 1.29 is 13.2 Å². The van der Waals surface area contributed by atoms with Gasteiger partial charge in [0.15, 0.2) is 0 Å². The Kier molecular flexibility index (Phi) is 5.49. The fourth-order valence-corrected chi connectivity index (χ4v) is 5.97. The van der Waals surface area contributed by atoms with Gasteiger partial charge in [-0.15, -0.1) is 0 Å². The Morgan fingerprint density at radius 1 is 1.00 bits per heavy atom. The third-order valence-corrected chi connectivity index (χ3v) is 7.96. The highest BCUT2D eigenvalue weighted by Gasteiger charge is 2.33. The summed E-state index contributed by atoms with van der Waals surface area (Å²) in [6.07, 6.45) is 4.72. The minimum atomic E-state index is -3.59. The predicted octanol–water partition coefficient (Wildman–Crippen LogP) is 4.15. The number of fused-ring (bicyclic) bond motifs is 1. The number of hydrogen-bond acceptors (Lipinski definition) is 3. The van der Waals surface area contributed by atoms with Crippen LogP contribution in [0.25, 0.3) is 0 Å². The second-order valence-electron chi connectivity index (χ2n) is 8.15. The van der Waals surface area contributed by atoms with E-state index in [0.717, 1.165) is 48.9 Å². The smallest absolute Gasteiger partial charge is 0.258 e. The zero-order chi connectivity index (χ0) is 20.6. The number of nitrogens with zero attached hydrogens (tertiary/aromatic N) is 2. The van der Waals surface area contributed by atoms with Crippen LogP contribution in [-0.4, -0.2) is 37.8 Å². The highest BCUT2D eigenvalue weighted by atomic mass is 32.2. The normalized spacial score (nSPS) is 20.3. The Hall–Kier alpha value is -2.18. The van der Waals surface area contributed by atoms with Crippen molar-refractivity contribution in [2.24, 2.45) is 0 Å². The summed E-state index contributed by atoms with van der Waals surface area (Å²) >= 11 is 0. The Labute approximate surface area is 173 Å². The van der Waals surface area contributed by atoms with Gasteiger partial charge in [-0.05, 0) is 62.4 Å². The van der Waals surface area contributed by atoms with Crippen molar-refractivity contribution >= 4 is 21.6 Å². The topological polar surface area (TPSA) is 57.7 Å². The molecule has 0 aromatic heterocycles. The van der Waals surface area contributed by atoms with Gasteiger partial charge in [0.25, 0.3) is 5.91 Å². The third kappa shape index (κ3) is 3.71. The molecule has 0 saturated carbocycles. The average molecular weight is 413 g/mol. The lowest BCUT2D eigenvalue weighted by atomic mass is 10.1. The Bertz CT molecular complexity index is 1020. The first-order valence-electron chi connectivity index (χ1n) is 10.4. The molecule has 2 aromatic rings. The number of benzene rings is 2. The fourth-order valence-electron chi connectivity index (χ4n) is 4.43. The van der Waals surface area contributed by atoms with Crippen LogP contribution in [0, 0.1) is 6.92 Å². The van der Waals surface area contributed by atoms with Gasteiger partial charge >= 0.3 is 0 Å². The molecule has 0 radical (unpaired) electrons. The average Bonchev–Trinajstić information content (AvgIpc) is 2.86. The van der Waals surface area contributed by atoms with E-state index in [0.29, 0.717) is 18.7 Å². The number of carbonyl (C=O) groups is 1. The van der Waals surface area contributed by atoms with E-state index < -0.39 is 10.0 Å². The van der Waals surface area contributed by atoms with Gasteiger partial charge in [-0.3, -0.25) is 4.79 Å². The number of para-hydroxylation sites is 1. The Morgan fingerprint density at radius 3 is 2.41 bits per heavy atom. The molecule has 5 nitrogen and oxygen atoms in total. The fraction of sp³-hybridized carbons (Fsp3) is 0.435. The molecular formula is C23H28N2O3S. The van der Waals surface area contributed by atoms with Crippen molar-refractivity contribution in [2.75, 3.05) is 18.0 Å². The number of amides is 1. The van der Waals surface area contributed by atoms with E-state index >= 15 is 0 Å². The lowest BCUT2D eigenvalue weighted by molar-refractivity contribution is 0.0980. The van der Waals surface area contributed by atoms with Crippen LogP contribution < -0.4 is 4.90 Å². The predicted molar refractivity (Wildman–Crippen MR) is 115 cm³/mol. The van der Waals surface area contributed by atoms with Crippen LogP contribution in [-0.2, 0) is 16.4 Å². The van der Waals surface area contributed by atoms with Gasteiger partial charge < -0.3 is 4.90 Å². The van der Waals surface area contributed by atoms with Crippen LogP contribution in [0.1, 0.15) is 54.1 Å². The maximum absolute atomic E-state index is 13.5. The molecule has 1 amide bonds. The Morgan fingerprint density at radius 2 is 1.69 bits per heavy atom. The summed E-state index contributed by atoms with van der Waals surface area (Å²) in [5, 5.41) is 0. The maximum atomic E-state index is 13.5. The van der Waals surface area contributed by atoms with Crippen LogP contribution in [0.5, 0.6) is 0 Å². The number of rotatable bonds is 3. The lowest BCUT2D eigenvalue weighted by Crippen LogP contribution is -2.36. The zero-order valence-corrected chi connectivity index (χ0v) is 17.9. The van der Waals surface area contributed by atoms with Crippen molar-refractivity contribution in [3.8, 4) is 0 Å². The first-order valence-corrected chi connectivity index (χ1v) is 11.9. The molecule has 6 heteroatoms. The number of carbonyl (C=O) groups excluding carboxylic acids is 1. The maximum Gasteiger partial charge on any atom is 0.258 e. The van der Waals surface area contributed by atoms with E-state index in [1.165, 1.54) is 0 Å². The van der Waals surface area contributed by atoms with Crippen molar-refractivity contribution in [3.63, 3.8) is 0 Å². The summed E-state index contributed by atoms with van der Waals surface area (Å²) in [5.41, 5.74) is 3.33. The summed E-state index contributed by atoms with van der Waals surface area (Å²) in [7, 11) is -3.59. The lowest BCUT2D eigenvalue weighted by Gasteiger charge is -2.25. The summed E-state index contributed by atoms with van der Waals surface area (Å²) in [4.78, 5) is 15.5. The zero-order valence-electron chi connectivity index (χ0n) is 17.1. The molecule has 1 atom stereocenters. The quantitative estimate of drug-likeness (QED) is 0.761. The van der Waals surface area contributed by atoms with Crippen LogP contribution in [0.2, 0.25) is 0 Å². The van der Waals surface area contributed by atoms with E-state index in [2.05, 4.69) is 0 Å². The summed E-state index contributed by atoms with van der Waals surface area (Å²) in [6, 6.07) is 12.9. The molecule has 2 aromatic carbocycles. The van der Waals surface area contributed by atoms with Crippen LogP contribution >= 0.6 is 0 Å². The number of anilines is 1. The second-order valence-corrected chi connectivity index (χ2v) is 10.1.